The number of amides is 1. The second kappa shape index (κ2) is 10.0. The van der Waals surface area contributed by atoms with Crippen molar-refractivity contribution in [3.63, 3.8) is 0 Å². The molecule has 5 nitrogen and oxygen atoms in total. The molecule has 0 radical (unpaired) electrons. The van der Waals surface area contributed by atoms with Crippen LogP contribution in [0.1, 0.15) is 30.5 Å². The molecule has 1 aromatic heterocycles. The standard InChI is InChI=1S/C19H23N3O2.ClH/c23-19-18(6-2-4-12-21-19)22-13-15-7-9-17(10-8-15)24-14-16-5-1-3-11-20-16;/h1,3,5,7-11,18,22H,2,4,6,12-14H2,(H,21,23);1H. The first-order valence-corrected chi connectivity index (χ1v) is 8.44. The van der Waals surface area contributed by atoms with Gasteiger partial charge in [-0.1, -0.05) is 18.2 Å². The van der Waals surface area contributed by atoms with E-state index in [1.54, 1.807) is 6.20 Å². The molecule has 0 spiro atoms. The number of carbonyl (C=O) groups excluding carboxylic acids is 1. The Morgan fingerprint density at radius 1 is 1.16 bits per heavy atom. The van der Waals surface area contributed by atoms with E-state index in [4.69, 9.17) is 4.74 Å². The van der Waals surface area contributed by atoms with Gasteiger partial charge in [-0.3, -0.25) is 9.78 Å². The van der Waals surface area contributed by atoms with Gasteiger partial charge in [-0.2, -0.15) is 0 Å². The summed E-state index contributed by atoms with van der Waals surface area (Å²) in [6.45, 7) is 1.93. The molecular formula is C19H24ClN3O2. The zero-order valence-electron chi connectivity index (χ0n) is 14.1. The van der Waals surface area contributed by atoms with Crippen LogP contribution >= 0.6 is 12.4 Å². The molecule has 134 valence electrons. The Kier molecular flexibility index (Phi) is 7.70. The fraction of sp³-hybridized carbons (Fsp3) is 0.368. The number of hydrogen-bond donors (Lipinski definition) is 2. The topological polar surface area (TPSA) is 63.2 Å². The normalized spacial score (nSPS) is 17.1. The maximum atomic E-state index is 11.9. The van der Waals surface area contributed by atoms with E-state index in [1.807, 2.05) is 42.5 Å². The Balaban J connectivity index is 0.00000225. The van der Waals surface area contributed by atoms with E-state index < -0.39 is 0 Å². The smallest absolute Gasteiger partial charge is 0.237 e. The number of aromatic nitrogens is 1. The van der Waals surface area contributed by atoms with Crippen molar-refractivity contribution < 1.29 is 9.53 Å². The van der Waals surface area contributed by atoms with E-state index in [0.717, 1.165) is 42.8 Å². The zero-order valence-corrected chi connectivity index (χ0v) is 14.9. The summed E-state index contributed by atoms with van der Waals surface area (Å²) in [5.41, 5.74) is 2.04. The van der Waals surface area contributed by atoms with Crippen LogP contribution < -0.4 is 15.4 Å². The van der Waals surface area contributed by atoms with E-state index in [-0.39, 0.29) is 24.4 Å². The average Bonchev–Trinajstić information content (AvgIpc) is 2.84. The van der Waals surface area contributed by atoms with Crippen molar-refractivity contribution in [2.75, 3.05) is 6.54 Å². The van der Waals surface area contributed by atoms with Crippen molar-refractivity contribution in [3.8, 4) is 5.75 Å². The number of carbonyl (C=O) groups is 1. The number of halogens is 1. The Labute approximate surface area is 154 Å². The Morgan fingerprint density at radius 3 is 2.76 bits per heavy atom. The first kappa shape index (κ1) is 19.2. The SMILES string of the molecule is Cl.O=C1NCCCCC1NCc1ccc(OCc2ccccn2)cc1. The summed E-state index contributed by atoms with van der Waals surface area (Å²) in [6.07, 6.45) is 4.80. The van der Waals surface area contributed by atoms with Gasteiger partial charge in [0.15, 0.2) is 0 Å². The van der Waals surface area contributed by atoms with Crippen LogP contribution in [0.5, 0.6) is 5.75 Å². The fourth-order valence-corrected chi connectivity index (χ4v) is 2.72. The van der Waals surface area contributed by atoms with Gasteiger partial charge in [0.1, 0.15) is 12.4 Å². The first-order chi connectivity index (χ1) is 11.8. The number of ether oxygens (including phenoxy) is 1. The van der Waals surface area contributed by atoms with Crippen molar-refractivity contribution in [1.29, 1.82) is 0 Å². The molecule has 0 aliphatic carbocycles. The Hall–Kier alpha value is -2.11. The monoisotopic (exact) mass is 361 g/mol. The Morgan fingerprint density at radius 2 is 2.00 bits per heavy atom. The van der Waals surface area contributed by atoms with Crippen LogP contribution in [0, 0.1) is 0 Å². The van der Waals surface area contributed by atoms with Gasteiger partial charge in [0, 0.05) is 19.3 Å². The Bertz CT molecular complexity index is 649. The molecule has 2 aromatic rings. The van der Waals surface area contributed by atoms with Crippen LogP contribution in [0.3, 0.4) is 0 Å². The van der Waals surface area contributed by atoms with Crippen LogP contribution in [0.2, 0.25) is 0 Å². The molecule has 1 amide bonds. The summed E-state index contributed by atoms with van der Waals surface area (Å²) in [4.78, 5) is 16.1. The number of nitrogens with one attached hydrogen (secondary N) is 2. The summed E-state index contributed by atoms with van der Waals surface area (Å²) in [5.74, 6) is 0.930. The summed E-state index contributed by atoms with van der Waals surface area (Å²) in [6, 6.07) is 13.6. The van der Waals surface area contributed by atoms with Crippen molar-refractivity contribution in [1.82, 2.24) is 15.6 Å². The highest BCUT2D eigenvalue weighted by molar-refractivity contribution is 5.85. The van der Waals surface area contributed by atoms with Crippen LogP contribution in [-0.2, 0) is 17.9 Å². The van der Waals surface area contributed by atoms with Gasteiger partial charge in [0.05, 0.1) is 11.7 Å². The molecule has 1 fully saturated rings. The van der Waals surface area contributed by atoms with Gasteiger partial charge in [0.25, 0.3) is 0 Å². The predicted molar refractivity (Wildman–Crippen MR) is 99.7 cm³/mol. The minimum absolute atomic E-state index is 0. The molecule has 1 aliphatic rings. The maximum Gasteiger partial charge on any atom is 0.237 e. The molecule has 1 atom stereocenters. The second-order valence-corrected chi connectivity index (χ2v) is 5.97. The third-order valence-corrected chi connectivity index (χ3v) is 4.12. The molecule has 1 unspecified atom stereocenters. The highest BCUT2D eigenvalue weighted by atomic mass is 35.5. The lowest BCUT2D eigenvalue weighted by molar-refractivity contribution is -0.122. The van der Waals surface area contributed by atoms with Crippen LogP contribution in [0.25, 0.3) is 0 Å². The number of pyridine rings is 1. The summed E-state index contributed by atoms with van der Waals surface area (Å²) >= 11 is 0. The van der Waals surface area contributed by atoms with E-state index >= 15 is 0 Å². The lowest BCUT2D eigenvalue weighted by Gasteiger charge is -2.15. The van der Waals surface area contributed by atoms with Crippen LogP contribution in [-0.4, -0.2) is 23.5 Å². The minimum atomic E-state index is -0.0902. The summed E-state index contributed by atoms with van der Waals surface area (Å²) in [5, 5.41) is 6.29. The molecule has 2 heterocycles. The molecule has 2 N–H and O–H groups in total. The van der Waals surface area contributed by atoms with E-state index in [9.17, 15) is 4.79 Å². The number of benzene rings is 1. The lowest BCUT2D eigenvalue weighted by Crippen LogP contribution is -2.42. The van der Waals surface area contributed by atoms with Gasteiger partial charge < -0.3 is 15.4 Å². The third kappa shape index (κ3) is 6.03. The van der Waals surface area contributed by atoms with Crippen molar-refractivity contribution in [2.24, 2.45) is 0 Å². The van der Waals surface area contributed by atoms with Crippen molar-refractivity contribution >= 4 is 18.3 Å². The van der Waals surface area contributed by atoms with E-state index in [0.29, 0.717) is 13.2 Å². The van der Waals surface area contributed by atoms with Gasteiger partial charge in [0.2, 0.25) is 5.91 Å². The van der Waals surface area contributed by atoms with Gasteiger partial charge >= 0.3 is 0 Å². The van der Waals surface area contributed by atoms with Crippen molar-refractivity contribution in [2.45, 2.75) is 38.5 Å². The van der Waals surface area contributed by atoms with E-state index in [1.165, 1.54) is 0 Å². The molecule has 3 rings (SSSR count). The lowest BCUT2D eigenvalue weighted by atomic mass is 10.1. The first-order valence-electron chi connectivity index (χ1n) is 8.44. The molecule has 0 saturated carbocycles. The number of nitrogens with zero attached hydrogens (tertiary/aromatic N) is 1. The molecule has 6 heteroatoms. The van der Waals surface area contributed by atoms with Gasteiger partial charge in [-0.25, -0.2) is 0 Å². The minimum Gasteiger partial charge on any atom is -0.487 e. The molecule has 1 aliphatic heterocycles. The molecular weight excluding hydrogens is 338 g/mol. The quantitative estimate of drug-likeness (QED) is 0.830. The van der Waals surface area contributed by atoms with E-state index in [2.05, 4.69) is 15.6 Å². The van der Waals surface area contributed by atoms with Gasteiger partial charge in [-0.15, -0.1) is 12.4 Å². The summed E-state index contributed by atoms with van der Waals surface area (Å²) < 4.78 is 5.73. The predicted octanol–water partition coefficient (Wildman–Crippen LogP) is 2.84. The third-order valence-electron chi connectivity index (χ3n) is 4.12. The largest absolute Gasteiger partial charge is 0.487 e. The highest BCUT2D eigenvalue weighted by Gasteiger charge is 2.19. The number of rotatable bonds is 6. The number of hydrogen-bond acceptors (Lipinski definition) is 4. The summed E-state index contributed by atoms with van der Waals surface area (Å²) in [7, 11) is 0. The average molecular weight is 362 g/mol. The van der Waals surface area contributed by atoms with Gasteiger partial charge in [-0.05, 0) is 49.1 Å². The highest BCUT2D eigenvalue weighted by Crippen LogP contribution is 2.14. The molecule has 1 saturated heterocycles. The molecule has 1 aromatic carbocycles. The maximum absolute atomic E-state index is 11.9. The van der Waals surface area contributed by atoms with Crippen molar-refractivity contribution in [3.05, 3.63) is 59.9 Å². The fourth-order valence-electron chi connectivity index (χ4n) is 2.72. The van der Waals surface area contributed by atoms with Crippen LogP contribution in [0.4, 0.5) is 0 Å². The molecule has 25 heavy (non-hydrogen) atoms. The zero-order chi connectivity index (χ0) is 16.6. The second-order valence-electron chi connectivity index (χ2n) is 5.97. The molecule has 0 bridgehead atoms. The van der Waals surface area contributed by atoms with Crippen LogP contribution in [0.15, 0.2) is 48.7 Å².